The molecular formula is C33H22Cl2N2O4S. The van der Waals surface area contributed by atoms with Crippen molar-refractivity contribution in [3.05, 3.63) is 134 Å². The van der Waals surface area contributed by atoms with Crippen LogP contribution in [0.3, 0.4) is 0 Å². The van der Waals surface area contributed by atoms with Gasteiger partial charge in [-0.2, -0.15) is 5.26 Å². The maximum absolute atomic E-state index is 13.1. The number of nitrogens with zero attached hydrogens (tertiary/aromatic N) is 1. The van der Waals surface area contributed by atoms with Gasteiger partial charge in [0.05, 0.1) is 16.0 Å². The molecule has 208 valence electrons. The molecule has 1 aliphatic heterocycles. The van der Waals surface area contributed by atoms with Crippen molar-refractivity contribution in [1.29, 1.82) is 5.26 Å². The summed E-state index contributed by atoms with van der Waals surface area (Å²) in [4.78, 5) is 13.3. The first kappa shape index (κ1) is 27.7. The van der Waals surface area contributed by atoms with Gasteiger partial charge in [-0.15, -0.1) is 11.3 Å². The van der Waals surface area contributed by atoms with E-state index in [0.29, 0.717) is 34.1 Å². The Labute approximate surface area is 256 Å². The topological polar surface area (TPSA) is 94.6 Å². The van der Waals surface area contributed by atoms with Gasteiger partial charge in [-0.05, 0) is 48.4 Å². The van der Waals surface area contributed by atoms with E-state index in [1.54, 1.807) is 30.3 Å². The minimum atomic E-state index is -0.621. The van der Waals surface area contributed by atoms with Crippen molar-refractivity contribution < 1.29 is 19.0 Å². The van der Waals surface area contributed by atoms with Crippen LogP contribution in [0.2, 0.25) is 10.0 Å². The lowest BCUT2D eigenvalue weighted by Gasteiger charge is -2.27. The summed E-state index contributed by atoms with van der Waals surface area (Å²) in [6.45, 7) is 2.44. The minimum Gasteiger partial charge on any atom is -0.489 e. The van der Waals surface area contributed by atoms with E-state index < -0.39 is 11.9 Å². The number of esters is 1. The largest absolute Gasteiger partial charge is 0.489 e. The van der Waals surface area contributed by atoms with Crippen LogP contribution in [0.1, 0.15) is 37.8 Å². The standard InChI is InChI=1S/C33H22Cl2N2O4S/c1-18-8-10-19(11-9-18)17-39-21-5-2-4-20(14-21)28-23-13-12-22(15-26(23)41-32(37)24(28)16-36)40-33(38)31-30(35)29-25(34)6-3-7-27(29)42-31/h2-15,28H,17,37H2,1H3. The van der Waals surface area contributed by atoms with Crippen molar-refractivity contribution in [2.75, 3.05) is 0 Å². The molecule has 0 saturated carbocycles. The number of benzene rings is 4. The molecule has 9 heteroatoms. The number of nitriles is 1. The molecule has 0 bridgehead atoms. The van der Waals surface area contributed by atoms with Crippen LogP contribution in [0.25, 0.3) is 10.1 Å². The highest BCUT2D eigenvalue weighted by atomic mass is 35.5. The molecule has 1 unspecified atom stereocenters. The van der Waals surface area contributed by atoms with E-state index in [0.717, 1.165) is 15.8 Å². The second-order valence-corrected chi connectivity index (χ2v) is 11.6. The molecule has 5 aromatic rings. The number of hydrogen-bond acceptors (Lipinski definition) is 7. The Morgan fingerprint density at radius 3 is 2.57 bits per heavy atom. The number of carbonyl (C=O) groups excluding carboxylic acids is 1. The van der Waals surface area contributed by atoms with E-state index in [1.807, 2.05) is 61.5 Å². The van der Waals surface area contributed by atoms with Gasteiger partial charge in [0.1, 0.15) is 40.4 Å². The lowest BCUT2D eigenvalue weighted by Crippen LogP contribution is -2.21. The van der Waals surface area contributed by atoms with Crippen molar-refractivity contribution >= 4 is 50.6 Å². The first-order valence-electron chi connectivity index (χ1n) is 12.9. The molecule has 42 heavy (non-hydrogen) atoms. The molecule has 0 fully saturated rings. The first-order chi connectivity index (χ1) is 20.3. The molecule has 2 N–H and O–H groups in total. The summed E-state index contributed by atoms with van der Waals surface area (Å²) in [6, 6.07) is 28.2. The number of aryl methyl sites for hydroxylation is 1. The van der Waals surface area contributed by atoms with Crippen molar-refractivity contribution in [2.24, 2.45) is 5.73 Å². The molecule has 6 rings (SSSR count). The van der Waals surface area contributed by atoms with Crippen LogP contribution >= 0.6 is 34.5 Å². The third-order valence-electron chi connectivity index (χ3n) is 6.91. The van der Waals surface area contributed by atoms with E-state index in [1.165, 1.54) is 16.9 Å². The second kappa shape index (κ2) is 11.4. The molecule has 1 atom stereocenters. The van der Waals surface area contributed by atoms with Crippen LogP contribution in [0.15, 0.2) is 96.4 Å². The van der Waals surface area contributed by atoms with Crippen molar-refractivity contribution in [3.63, 3.8) is 0 Å². The van der Waals surface area contributed by atoms with Gasteiger partial charge in [0, 0.05) is 21.7 Å². The Bertz CT molecular complexity index is 1930. The molecule has 0 amide bonds. The average molecular weight is 614 g/mol. The highest BCUT2D eigenvalue weighted by Gasteiger charge is 2.31. The lowest BCUT2D eigenvalue weighted by atomic mass is 9.83. The van der Waals surface area contributed by atoms with Crippen LogP contribution in [-0.4, -0.2) is 5.97 Å². The summed E-state index contributed by atoms with van der Waals surface area (Å²) in [5.41, 5.74) is 10.2. The molecule has 0 radical (unpaired) electrons. The van der Waals surface area contributed by atoms with Crippen LogP contribution in [0.5, 0.6) is 17.2 Å². The number of rotatable bonds is 6. The Balaban J connectivity index is 1.28. The highest BCUT2D eigenvalue weighted by Crippen LogP contribution is 2.45. The first-order valence-corrected chi connectivity index (χ1v) is 14.5. The molecular weight excluding hydrogens is 591 g/mol. The fourth-order valence-corrected chi connectivity index (χ4v) is 6.66. The Morgan fingerprint density at radius 2 is 1.81 bits per heavy atom. The summed E-state index contributed by atoms with van der Waals surface area (Å²) in [5.74, 6) is 0.114. The monoisotopic (exact) mass is 612 g/mol. The zero-order chi connectivity index (χ0) is 29.4. The smallest absolute Gasteiger partial charge is 0.355 e. The van der Waals surface area contributed by atoms with Crippen LogP contribution in [0.4, 0.5) is 0 Å². The van der Waals surface area contributed by atoms with E-state index in [2.05, 4.69) is 6.07 Å². The van der Waals surface area contributed by atoms with E-state index in [9.17, 15) is 10.1 Å². The van der Waals surface area contributed by atoms with Gasteiger partial charge in [-0.1, -0.05) is 77.3 Å². The van der Waals surface area contributed by atoms with Gasteiger partial charge in [0.2, 0.25) is 5.88 Å². The summed E-state index contributed by atoms with van der Waals surface area (Å²) >= 11 is 14.0. The Kier molecular flexibility index (Phi) is 7.53. The van der Waals surface area contributed by atoms with Crippen molar-refractivity contribution in [2.45, 2.75) is 19.4 Å². The van der Waals surface area contributed by atoms with E-state index >= 15 is 0 Å². The predicted molar refractivity (Wildman–Crippen MR) is 164 cm³/mol. The van der Waals surface area contributed by atoms with Gasteiger partial charge >= 0.3 is 5.97 Å². The molecule has 0 aliphatic carbocycles. The second-order valence-electron chi connectivity index (χ2n) is 9.72. The number of fused-ring (bicyclic) bond motifs is 2. The molecule has 4 aromatic carbocycles. The van der Waals surface area contributed by atoms with Gasteiger partial charge in [0.15, 0.2) is 0 Å². The molecule has 0 saturated heterocycles. The number of ether oxygens (including phenoxy) is 3. The van der Waals surface area contributed by atoms with Crippen LogP contribution < -0.4 is 19.9 Å². The number of carbonyl (C=O) groups is 1. The lowest BCUT2D eigenvalue weighted by molar-refractivity contribution is 0.0740. The summed E-state index contributed by atoms with van der Waals surface area (Å²) < 4.78 is 18.3. The summed E-state index contributed by atoms with van der Waals surface area (Å²) in [6.07, 6.45) is 0. The summed E-state index contributed by atoms with van der Waals surface area (Å²) in [7, 11) is 0. The molecule has 0 spiro atoms. The van der Waals surface area contributed by atoms with Crippen LogP contribution in [-0.2, 0) is 6.61 Å². The minimum absolute atomic E-state index is 0.0216. The van der Waals surface area contributed by atoms with Crippen molar-refractivity contribution in [1.82, 2.24) is 0 Å². The van der Waals surface area contributed by atoms with Gasteiger partial charge in [0.25, 0.3) is 0 Å². The van der Waals surface area contributed by atoms with E-state index in [4.69, 9.17) is 43.1 Å². The highest BCUT2D eigenvalue weighted by molar-refractivity contribution is 7.21. The zero-order valence-corrected chi connectivity index (χ0v) is 24.5. The average Bonchev–Trinajstić information content (AvgIpc) is 3.33. The van der Waals surface area contributed by atoms with E-state index in [-0.39, 0.29) is 27.1 Å². The van der Waals surface area contributed by atoms with Gasteiger partial charge in [-0.3, -0.25) is 0 Å². The Hall–Kier alpha value is -4.48. The molecule has 1 aliphatic rings. The Morgan fingerprint density at radius 1 is 1.02 bits per heavy atom. The number of thiophene rings is 1. The quantitative estimate of drug-likeness (QED) is 0.152. The number of allylic oxidation sites excluding steroid dienone is 1. The maximum Gasteiger partial charge on any atom is 0.355 e. The zero-order valence-electron chi connectivity index (χ0n) is 22.2. The van der Waals surface area contributed by atoms with Crippen LogP contribution in [0, 0.1) is 18.3 Å². The SMILES string of the molecule is Cc1ccc(COc2cccc(C3C(C#N)=C(N)Oc4cc(OC(=O)c5sc6cccc(Cl)c6c5Cl)ccc43)c2)cc1. The fourth-order valence-electron chi connectivity index (χ4n) is 4.83. The molecule has 2 heterocycles. The number of hydrogen-bond donors (Lipinski definition) is 1. The third-order valence-corrected chi connectivity index (χ3v) is 8.85. The van der Waals surface area contributed by atoms with Crippen molar-refractivity contribution in [3.8, 4) is 23.3 Å². The normalized spacial score (nSPS) is 14.2. The maximum atomic E-state index is 13.1. The molecule has 1 aromatic heterocycles. The number of nitrogens with two attached hydrogens (primary N) is 1. The molecule has 6 nitrogen and oxygen atoms in total. The van der Waals surface area contributed by atoms with Gasteiger partial charge < -0.3 is 19.9 Å². The third kappa shape index (κ3) is 5.28. The summed E-state index contributed by atoms with van der Waals surface area (Å²) in [5, 5.41) is 11.3. The van der Waals surface area contributed by atoms with Gasteiger partial charge in [-0.25, -0.2) is 4.79 Å². The predicted octanol–water partition coefficient (Wildman–Crippen LogP) is 8.53. The fraction of sp³-hybridized carbons (Fsp3) is 0.0909. The number of halogens is 2.